The summed E-state index contributed by atoms with van der Waals surface area (Å²) < 4.78 is 24.4. The van der Waals surface area contributed by atoms with Gasteiger partial charge in [-0.05, 0) is 69.3 Å². The van der Waals surface area contributed by atoms with Crippen LogP contribution in [0.1, 0.15) is 64.7 Å². The quantitative estimate of drug-likeness (QED) is 0.392. The fourth-order valence-corrected chi connectivity index (χ4v) is 5.48. The van der Waals surface area contributed by atoms with Gasteiger partial charge in [-0.15, -0.1) is 0 Å². The number of fused-ring (bicyclic) bond motifs is 1. The van der Waals surface area contributed by atoms with Gasteiger partial charge in [0.1, 0.15) is 11.9 Å². The zero-order chi connectivity index (χ0) is 24.8. The van der Waals surface area contributed by atoms with E-state index < -0.39 is 6.10 Å². The number of ketones is 1. The average Bonchev–Trinajstić information content (AvgIpc) is 3.36. The second-order valence-electron chi connectivity index (χ2n) is 10.2. The standard InChI is InChI=1S/C30H38O5/c1-20(2)11-12-21(3)22(4)27(34-29-9-5-7-15-32-29)14-13-25-26-19-24(31)17-23(26)18-28(25)35-30-10-6-8-16-33-30/h23,25-30H,1,3-10,15-19H2,2H3/t23-,25+,26-,27-,28+,29?,30?/m0/s1. The highest BCUT2D eigenvalue weighted by Crippen LogP contribution is 2.48. The molecule has 188 valence electrons. The highest BCUT2D eigenvalue weighted by molar-refractivity contribution is 5.81. The van der Waals surface area contributed by atoms with Crippen LogP contribution in [0.4, 0.5) is 0 Å². The van der Waals surface area contributed by atoms with Gasteiger partial charge in [-0.2, -0.15) is 0 Å². The lowest BCUT2D eigenvalue weighted by Crippen LogP contribution is -2.31. The van der Waals surface area contributed by atoms with Gasteiger partial charge in [0.25, 0.3) is 0 Å². The minimum Gasteiger partial charge on any atom is -0.353 e. The third-order valence-corrected chi connectivity index (χ3v) is 7.36. The molecule has 0 amide bonds. The first-order valence-corrected chi connectivity index (χ1v) is 13.0. The van der Waals surface area contributed by atoms with Crippen LogP contribution in [0.5, 0.6) is 0 Å². The fourth-order valence-electron chi connectivity index (χ4n) is 5.48. The topological polar surface area (TPSA) is 54.0 Å². The second kappa shape index (κ2) is 12.2. The highest BCUT2D eigenvalue weighted by Gasteiger charge is 2.49. The summed E-state index contributed by atoms with van der Waals surface area (Å²) in [7, 11) is 0. The van der Waals surface area contributed by atoms with Crippen LogP contribution >= 0.6 is 0 Å². The van der Waals surface area contributed by atoms with Gasteiger partial charge in [0.05, 0.1) is 12.0 Å². The van der Waals surface area contributed by atoms with Crippen molar-refractivity contribution >= 4 is 5.78 Å². The van der Waals surface area contributed by atoms with Crippen LogP contribution in [0.2, 0.25) is 0 Å². The van der Waals surface area contributed by atoms with Gasteiger partial charge in [-0.3, -0.25) is 4.79 Å². The Morgan fingerprint density at radius 2 is 1.71 bits per heavy atom. The lowest BCUT2D eigenvalue weighted by Gasteiger charge is -2.29. The van der Waals surface area contributed by atoms with Crippen molar-refractivity contribution in [1.82, 2.24) is 0 Å². The zero-order valence-electron chi connectivity index (χ0n) is 21.0. The predicted octanol–water partition coefficient (Wildman–Crippen LogP) is 5.12. The Labute approximate surface area is 210 Å². The number of hydrogen-bond donors (Lipinski definition) is 0. The number of rotatable bonds is 6. The Kier molecular flexibility index (Phi) is 9.04. The van der Waals surface area contributed by atoms with Crippen LogP contribution < -0.4 is 0 Å². The van der Waals surface area contributed by atoms with Crippen molar-refractivity contribution < 1.29 is 23.7 Å². The largest absolute Gasteiger partial charge is 0.353 e. The predicted molar refractivity (Wildman–Crippen MR) is 135 cm³/mol. The summed E-state index contributed by atoms with van der Waals surface area (Å²) in [5.41, 5.74) is 1.96. The molecule has 7 atom stereocenters. The number of Topliss-reactive ketones (excluding diaryl/α,β-unsaturated/α-hetero) is 1. The van der Waals surface area contributed by atoms with Crippen molar-refractivity contribution in [1.29, 1.82) is 0 Å². The molecule has 0 spiro atoms. The van der Waals surface area contributed by atoms with E-state index in [1.807, 2.05) is 6.92 Å². The number of ether oxygens (including phenoxy) is 4. The molecule has 5 nitrogen and oxygen atoms in total. The van der Waals surface area contributed by atoms with Crippen molar-refractivity contribution in [3.05, 3.63) is 36.5 Å². The van der Waals surface area contributed by atoms with E-state index >= 15 is 0 Å². The van der Waals surface area contributed by atoms with Crippen LogP contribution in [0.15, 0.2) is 36.5 Å². The van der Waals surface area contributed by atoms with Gasteiger partial charge in [0, 0.05) is 37.2 Å². The first-order chi connectivity index (χ1) is 16.9. The Bertz CT molecular complexity index is 945. The van der Waals surface area contributed by atoms with Crippen molar-refractivity contribution in [2.75, 3.05) is 13.2 Å². The summed E-state index contributed by atoms with van der Waals surface area (Å²) in [4.78, 5) is 12.2. The summed E-state index contributed by atoms with van der Waals surface area (Å²) in [5, 5.41) is 0. The van der Waals surface area contributed by atoms with Crippen molar-refractivity contribution in [3.63, 3.8) is 0 Å². The lowest BCUT2D eigenvalue weighted by atomic mass is 9.91. The Morgan fingerprint density at radius 3 is 2.37 bits per heavy atom. The molecule has 4 aliphatic rings. The molecule has 2 unspecified atom stereocenters. The molecular formula is C30H38O5. The molecule has 0 aromatic heterocycles. The highest BCUT2D eigenvalue weighted by atomic mass is 16.7. The third-order valence-electron chi connectivity index (χ3n) is 7.36. The van der Waals surface area contributed by atoms with Gasteiger partial charge in [-0.1, -0.05) is 43.4 Å². The van der Waals surface area contributed by atoms with Crippen LogP contribution in [-0.2, 0) is 23.7 Å². The second-order valence-corrected chi connectivity index (χ2v) is 10.2. The molecular weight excluding hydrogens is 440 g/mol. The lowest BCUT2D eigenvalue weighted by molar-refractivity contribution is -0.192. The van der Waals surface area contributed by atoms with Crippen LogP contribution in [0, 0.1) is 41.4 Å². The van der Waals surface area contributed by atoms with Crippen LogP contribution in [0.25, 0.3) is 0 Å². The van der Waals surface area contributed by atoms with E-state index in [-0.39, 0.29) is 30.5 Å². The summed E-state index contributed by atoms with van der Waals surface area (Å²) in [6, 6.07) is 0. The van der Waals surface area contributed by atoms with Crippen molar-refractivity contribution in [2.24, 2.45) is 17.8 Å². The minimum absolute atomic E-state index is 0.0417. The molecule has 4 rings (SSSR count). The van der Waals surface area contributed by atoms with Crippen LogP contribution in [-0.4, -0.2) is 43.8 Å². The van der Waals surface area contributed by atoms with Gasteiger partial charge in [0.2, 0.25) is 0 Å². The maximum Gasteiger partial charge on any atom is 0.159 e. The van der Waals surface area contributed by atoms with Gasteiger partial charge in [-0.25, -0.2) is 0 Å². The molecule has 0 radical (unpaired) electrons. The van der Waals surface area contributed by atoms with E-state index in [0.717, 1.165) is 57.1 Å². The number of carbonyl (C=O) groups excluding carboxylic acids is 1. The minimum atomic E-state index is -0.590. The van der Waals surface area contributed by atoms with Crippen LogP contribution in [0.3, 0.4) is 0 Å². The molecule has 35 heavy (non-hydrogen) atoms. The summed E-state index contributed by atoms with van der Waals surface area (Å²) >= 11 is 0. The molecule has 2 aliphatic carbocycles. The summed E-state index contributed by atoms with van der Waals surface area (Å²) in [5.74, 6) is 13.6. The number of allylic oxidation sites excluding steroid dienone is 1. The molecule has 0 bridgehead atoms. The number of carbonyl (C=O) groups is 1. The van der Waals surface area contributed by atoms with E-state index in [9.17, 15) is 4.79 Å². The normalized spacial score (nSPS) is 33.0. The number of hydrogen-bond acceptors (Lipinski definition) is 5. The van der Waals surface area contributed by atoms with Crippen molar-refractivity contribution in [3.8, 4) is 23.7 Å². The maximum absolute atomic E-state index is 12.2. The van der Waals surface area contributed by atoms with E-state index in [2.05, 4.69) is 43.4 Å². The first kappa shape index (κ1) is 25.9. The Balaban J connectivity index is 1.54. The molecule has 5 heteroatoms. The smallest absolute Gasteiger partial charge is 0.159 e. The first-order valence-electron chi connectivity index (χ1n) is 13.0. The van der Waals surface area contributed by atoms with Crippen molar-refractivity contribution in [2.45, 2.75) is 89.5 Å². The Morgan fingerprint density at radius 1 is 1.00 bits per heavy atom. The molecule has 2 saturated carbocycles. The monoisotopic (exact) mass is 478 g/mol. The zero-order valence-corrected chi connectivity index (χ0v) is 21.0. The van der Waals surface area contributed by atoms with E-state index in [1.165, 1.54) is 0 Å². The third kappa shape index (κ3) is 6.96. The van der Waals surface area contributed by atoms with Gasteiger partial charge >= 0.3 is 0 Å². The maximum atomic E-state index is 12.2. The molecule has 0 N–H and O–H groups in total. The summed E-state index contributed by atoms with van der Waals surface area (Å²) in [6.45, 7) is 15.4. The fraction of sp³-hybridized carbons (Fsp3) is 0.633. The molecule has 2 aliphatic heterocycles. The average molecular weight is 479 g/mol. The molecule has 2 saturated heterocycles. The SMILES string of the molecule is C=C(C)C#CC(=C)C(=C)[C@H](C#C[C@@H]1[C@H]2CC(=O)C[C@H]2C[C@H]1OC1CCCCO1)OC1CCCCO1. The van der Waals surface area contributed by atoms with Gasteiger partial charge in [0.15, 0.2) is 12.6 Å². The van der Waals surface area contributed by atoms with Gasteiger partial charge < -0.3 is 18.9 Å². The van der Waals surface area contributed by atoms with E-state index in [1.54, 1.807) is 0 Å². The Hall–Kier alpha value is -2.15. The molecule has 2 heterocycles. The van der Waals surface area contributed by atoms with E-state index in [0.29, 0.717) is 42.3 Å². The molecule has 4 fully saturated rings. The van der Waals surface area contributed by atoms with E-state index in [4.69, 9.17) is 18.9 Å². The summed E-state index contributed by atoms with van der Waals surface area (Å²) in [6.07, 6.45) is 6.94. The molecule has 0 aromatic rings. The molecule has 0 aromatic carbocycles.